The second kappa shape index (κ2) is 4.56. The van der Waals surface area contributed by atoms with Crippen LogP contribution in [0.3, 0.4) is 0 Å². The van der Waals surface area contributed by atoms with Gasteiger partial charge in [-0.25, -0.2) is 4.68 Å². The maximum Gasteiger partial charge on any atom is 0.251 e. The summed E-state index contributed by atoms with van der Waals surface area (Å²) >= 11 is 0. The van der Waals surface area contributed by atoms with Crippen LogP contribution in [-0.2, 0) is 0 Å². The van der Waals surface area contributed by atoms with E-state index in [2.05, 4.69) is 20.8 Å². The zero-order chi connectivity index (χ0) is 13.2. The van der Waals surface area contributed by atoms with Crippen LogP contribution in [0, 0.1) is 0 Å². The molecule has 1 aromatic carbocycles. The molecule has 2 rings (SSSR count). The van der Waals surface area contributed by atoms with E-state index in [1.807, 2.05) is 20.8 Å². The molecule has 0 aliphatic heterocycles. The number of carbonyl (C=O) groups is 1. The number of carbonyl (C=O) groups excluding carboxylic acids is 1. The number of aromatic nitrogens is 4. The topological polar surface area (TPSA) is 72.7 Å². The van der Waals surface area contributed by atoms with Crippen LogP contribution in [-0.4, -0.2) is 31.7 Å². The van der Waals surface area contributed by atoms with Crippen molar-refractivity contribution in [3.05, 3.63) is 36.2 Å². The van der Waals surface area contributed by atoms with Crippen LogP contribution < -0.4 is 5.32 Å². The third-order valence-electron chi connectivity index (χ3n) is 2.23. The molecule has 1 aromatic heterocycles. The summed E-state index contributed by atoms with van der Waals surface area (Å²) in [4.78, 5) is 11.9. The van der Waals surface area contributed by atoms with Crippen LogP contribution in [0.5, 0.6) is 0 Å². The Labute approximate surface area is 105 Å². The maximum atomic E-state index is 11.9. The highest BCUT2D eigenvalue weighted by Gasteiger charge is 2.15. The largest absolute Gasteiger partial charge is 0.347 e. The molecule has 0 aliphatic rings. The van der Waals surface area contributed by atoms with Gasteiger partial charge < -0.3 is 5.32 Å². The van der Waals surface area contributed by atoms with E-state index in [9.17, 15) is 4.79 Å². The van der Waals surface area contributed by atoms with Crippen molar-refractivity contribution in [2.45, 2.75) is 26.3 Å². The monoisotopic (exact) mass is 245 g/mol. The lowest BCUT2D eigenvalue weighted by Crippen LogP contribution is -2.40. The van der Waals surface area contributed by atoms with Crippen molar-refractivity contribution in [1.82, 2.24) is 25.5 Å². The lowest BCUT2D eigenvalue weighted by molar-refractivity contribution is 0.0919. The first-order valence-electron chi connectivity index (χ1n) is 5.62. The fraction of sp³-hybridized carbons (Fsp3) is 0.333. The number of amides is 1. The fourth-order valence-electron chi connectivity index (χ4n) is 1.46. The third kappa shape index (κ3) is 2.91. The standard InChI is InChI=1S/C12H15N5O/c1-12(2,3)14-11(18)9-4-6-10(7-5-9)17-8-13-15-16-17/h4-8H,1-3H3,(H,14,18). The summed E-state index contributed by atoms with van der Waals surface area (Å²) in [6.07, 6.45) is 1.50. The van der Waals surface area contributed by atoms with Gasteiger partial charge in [0.2, 0.25) is 0 Å². The average Bonchev–Trinajstić information content (AvgIpc) is 2.80. The summed E-state index contributed by atoms with van der Waals surface area (Å²) in [7, 11) is 0. The molecule has 1 heterocycles. The number of benzene rings is 1. The predicted octanol–water partition coefficient (Wildman–Crippen LogP) is 1.19. The summed E-state index contributed by atoms with van der Waals surface area (Å²) in [6.45, 7) is 5.83. The number of tetrazole rings is 1. The molecule has 0 bridgehead atoms. The lowest BCUT2D eigenvalue weighted by Gasteiger charge is -2.20. The maximum absolute atomic E-state index is 11.9. The number of hydrogen-bond donors (Lipinski definition) is 1. The van der Waals surface area contributed by atoms with Gasteiger partial charge in [-0.1, -0.05) is 0 Å². The van der Waals surface area contributed by atoms with Gasteiger partial charge in [-0.2, -0.15) is 0 Å². The van der Waals surface area contributed by atoms with Gasteiger partial charge in [-0.05, 0) is 55.5 Å². The van der Waals surface area contributed by atoms with Crippen molar-refractivity contribution >= 4 is 5.91 Å². The summed E-state index contributed by atoms with van der Waals surface area (Å²) in [5.41, 5.74) is 1.18. The molecule has 0 unspecified atom stereocenters. The number of nitrogens with one attached hydrogen (secondary N) is 1. The third-order valence-corrected chi connectivity index (χ3v) is 2.23. The molecule has 18 heavy (non-hydrogen) atoms. The van der Waals surface area contributed by atoms with Crippen molar-refractivity contribution in [3.8, 4) is 5.69 Å². The van der Waals surface area contributed by atoms with Crippen molar-refractivity contribution in [1.29, 1.82) is 0 Å². The van der Waals surface area contributed by atoms with Crippen molar-refractivity contribution in [2.24, 2.45) is 0 Å². The van der Waals surface area contributed by atoms with E-state index >= 15 is 0 Å². The van der Waals surface area contributed by atoms with Gasteiger partial charge in [0.05, 0.1) is 5.69 Å². The van der Waals surface area contributed by atoms with Crippen molar-refractivity contribution < 1.29 is 4.79 Å². The highest BCUT2D eigenvalue weighted by atomic mass is 16.1. The SMILES string of the molecule is CC(C)(C)NC(=O)c1ccc(-n2cnnn2)cc1. The van der Waals surface area contributed by atoms with Gasteiger partial charge in [0.15, 0.2) is 0 Å². The van der Waals surface area contributed by atoms with Crippen LogP contribution in [0.25, 0.3) is 5.69 Å². The normalized spacial score (nSPS) is 11.3. The van der Waals surface area contributed by atoms with Crippen LogP contribution in [0.15, 0.2) is 30.6 Å². The minimum atomic E-state index is -0.244. The summed E-state index contributed by atoms with van der Waals surface area (Å²) in [5, 5.41) is 13.8. The number of nitrogens with zero attached hydrogens (tertiary/aromatic N) is 4. The first-order chi connectivity index (χ1) is 8.46. The van der Waals surface area contributed by atoms with Gasteiger partial charge in [0, 0.05) is 11.1 Å². The molecule has 0 spiro atoms. The fourth-order valence-corrected chi connectivity index (χ4v) is 1.46. The van der Waals surface area contributed by atoms with E-state index in [-0.39, 0.29) is 11.4 Å². The average molecular weight is 245 g/mol. The Balaban J connectivity index is 2.15. The molecule has 0 saturated carbocycles. The van der Waals surface area contributed by atoms with Gasteiger partial charge in [-0.3, -0.25) is 4.79 Å². The van der Waals surface area contributed by atoms with Crippen LogP contribution in [0.2, 0.25) is 0 Å². The molecular weight excluding hydrogens is 230 g/mol. The Morgan fingerprint density at radius 3 is 2.39 bits per heavy atom. The van der Waals surface area contributed by atoms with E-state index in [1.165, 1.54) is 11.0 Å². The minimum absolute atomic E-state index is 0.0919. The second-order valence-electron chi connectivity index (χ2n) is 5.01. The Hall–Kier alpha value is -2.24. The molecule has 94 valence electrons. The molecule has 0 aliphatic carbocycles. The number of rotatable bonds is 2. The van der Waals surface area contributed by atoms with Crippen LogP contribution in [0.1, 0.15) is 31.1 Å². The zero-order valence-corrected chi connectivity index (χ0v) is 10.6. The molecule has 1 N–H and O–H groups in total. The first kappa shape index (κ1) is 12.2. The Morgan fingerprint density at radius 2 is 1.89 bits per heavy atom. The molecule has 6 nitrogen and oxygen atoms in total. The molecule has 2 aromatic rings. The molecule has 0 radical (unpaired) electrons. The molecular formula is C12H15N5O. The lowest BCUT2D eigenvalue weighted by atomic mass is 10.1. The summed E-state index contributed by atoms with van der Waals surface area (Å²) < 4.78 is 1.53. The Kier molecular flexibility index (Phi) is 3.10. The van der Waals surface area contributed by atoms with E-state index < -0.39 is 0 Å². The van der Waals surface area contributed by atoms with E-state index in [1.54, 1.807) is 24.3 Å². The zero-order valence-electron chi connectivity index (χ0n) is 10.6. The number of hydrogen-bond acceptors (Lipinski definition) is 4. The minimum Gasteiger partial charge on any atom is -0.347 e. The molecule has 0 atom stereocenters. The first-order valence-corrected chi connectivity index (χ1v) is 5.62. The summed E-state index contributed by atoms with van der Waals surface area (Å²) in [5.74, 6) is -0.0919. The van der Waals surface area contributed by atoms with Crippen molar-refractivity contribution in [2.75, 3.05) is 0 Å². The predicted molar refractivity (Wildman–Crippen MR) is 66.4 cm³/mol. The second-order valence-corrected chi connectivity index (χ2v) is 5.01. The van der Waals surface area contributed by atoms with Crippen LogP contribution >= 0.6 is 0 Å². The molecule has 1 amide bonds. The highest BCUT2D eigenvalue weighted by Crippen LogP contribution is 2.09. The molecule has 0 saturated heterocycles. The van der Waals surface area contributed by atoms with Gasteiger partial charge in [0.25, 0.3) is 5.91 Å². The van der Waals surface area contributed by atoms with Gasteiger partial charge >= 0.3 is 0 Å². The quantitative estimate of drug-likeness (QED) is 0.862. The van der Waals surface area contributed by atoms with E-state index in [0.29, 0.717) is 5.56 Å². The van der Waals surface area contributed by atoms with E-state index in [0.717, 1.165) is 5.69 Å². The Bertz CT molecular complexity index is 525. The van der Waals surface area contributed by atoms with E-state index in [4.69, 9.17) is 0 Å². The van der Waals surface area contributed by atoms with Crippen LogP contribution in [0.4, 0.5) is 0 Å². The van der Waals surface area contributed by atoms with Crippen molar-refractivity contribution in [3.63, 3.8) is 0 Å². The molecule has 0 fully saturated rings. The van der Waals surface area contributed by atoms with Gasteiger partial charge in [0.1, 0.15) is 6.33 Å². The smallest absolute Gasteiger partial charge is 0.251 e. The highest BCUT2D eigenvalue weighted by molar-refractivity contribution is 5.94. The Morgan fingerprint density at radius 1 is 1.22 bits per heavy atom. The molecule has 6 heteroatoms. The summed E-state index contributed by atoms with van der Waals surface area (Å²) in [6, 6.07) is 7.10. The van der Waals surface area contributed by atoms with Gasteiger partial charge in [-0.15, -0.1) is 5.10 Å².